The first-order valence-corrected chi connectivity index (χ1v) is 12.4. The van der Waals surface area contributed by atoms with Crippen molar-refractivity contribution in [2.75, 3.05) is 0 Å². The van der Waals surface area contributed by atoms with Gasteiger partial charge in [-0.2, -0.15) is 4.31 Å². The first-order valence-electron chi connectivity index (χ1n) is 10.1. The molecule has 2 aromatic carbocycles. The molecule has 0 amide bonds. The second kappa shape index (κ2) is 8.78. The summed E-state index contributed by atoms with van der Waals surface area (Å²) in [6.45, 7) is 4.19. The van der Waals surface area contributed by atoms with Crippen LogP contribution >= 0.6 is 11.3 Å². The fourth-order valence-electron chi connectivity index (χ4n) is 3.49. The van der Waals surface area contributed by atoms with Crippen LogP contribution in [0.5, 0.6) is 0 Å². The monoisotopic (exact) mass is 452 g/mol. The standard InChI is InChI=1S/C24H24N2O3S2/c1-3-18-8-11-23-19(13-18)14-20(24(27)25-23)15-26(16-21-5-4-12-30-21)31(28,29)22-9-6-17(2)7-10-22/h4-14H,3,15-16H2,1-2H3,(H,25,27). The van der Waals surface area contributed by atoms with Crippen LogP contribution in [0.1, 0.15) is 28.5 Å². The van der Waals surface area contributed by atoms with Gasteiger partial charge in [0.25, 0.3) is 5.56 Å². The molecular formula is C24H24N2O3S2. The first kappa shape index (κ1) is 21.5. The summed E-state index contributed by atoms with van der Waals surface area (Å²) in [5.41, 5.74) is 3.05. The quantitative estimate of drug-likeness (QED) is 0.436. The molecule has 0 saturated heterocycles. The smallest absolute Gasteiger partial charge is 0.252 e. The molecule has 0 atom stereocenters. The normalized spacial score (nSPS) is 12.0. The number of hydrogen-bond acceptors (Lipinski definition) is 4. The summed E-state index contributed by atoms with van der Waals surface area (Å²) >= 11 is 1.50. The highest BCUT2D eigenvalue weighted by Gasteiger charge is 2.26. The number of aromatic amines is 1. The Labute approximate surface area is 186 Å². The van der Waals surface area contributed by atoms with Gasteiger partial charge in [0, 0.05) is 29.0 Å². The Kier molecular flexibility index (Phi) is 6.09. The van der Waals surface area contributed by atoms with Crippen molar-refractivity contribution in [3.8, 4) is 0 Å². The summed E-state index contributed by atoms with van der Waals surface area (Å²) in [6, 6.07) is 18.3. The lowest BCUT2D eigenvalue weighted by molar-refractivity contribution is 0.402. The highest BCUT2D eigenvalue weighted by molar-refractivity contribution is 7.89. The molecule has 0 saturated carbocycles. The van der Waals surface area contributed by atoms with E-state index < -0.39 is 10.0 Å². The van der Waals surface area contributed by atoms with Crippen molar-refractivity contribution in [2.24, 2.45) is 0 Å². The van der Waals surface area contributed by atoms with Gasteiger partial charge in [-0.25, -0.2) is 8.42 Å². The van der Waals surface area contributed by atoms with Crippen molar-refractivity contribution < 1.29 is 8.42 Å². The predicted molar refractivity (Wildman–Crippen MR) is 126 cm³/mol. The molecule has 0 aliphatic heterocycles. The molecule has 2 aromatic heterocycles. The number of benzene rings is 2. The number of sulfonamides is 1. The maximum absolute atomic E-state index is 13.5. The van der Waals surface area contributed by atoms with Crippen LogP contribution in [0, 0.1) is 6.92 Å². The number of fused-ring (bicyclic) bond motifs is 1. The van der Waals surface area contributed by atoms with Crippen LogP contribution in [0.4, 0.5) is 0 Å². The number of thiophene rings is 1. The maximum Gasteiger partial charge on any atom is 0.252 e. The van der Waals surface area contributed by atoms with E-state index in [0.29, 0.717) is 5.56 Å². The van der Waals surface area contributed by atoms with Gasteiger partial charge in [-0.05, 0) is 66.1 Å². The zero-order chi connectivity index (χ0) is 22.0. The summed E-state index contributed by atoms with van der Waals surface area (Å²) in [6.07, 6.45) is 0.886. The largest absolute Gasteiger partial charge is 0.322 e. The molecule has 0 radical (unpaired) electrons. The summed E-state index contributed by atoms with van der Waals surface area (Å²) < 4.78 is 28.3. The molecule has 2 heterocycles. The number of hydrogen-bond donors (Lipinski definition) is 1. The van der Waals surface area contributed by atoms with E-state index in [1.807, 2.05) is 42.6 Å². The van der Waals surface area contributed by atoms with Crippen LogP contribution in [0.3, 0.4) is 0 Å². The van der Waals surface area contributed by atoms with Crippen LogP contribution in [-0.2, 0) is 29.5 Å². The number of rotatable bonds is 7. The number of aryl methyl sites for hydroxylation is 2. The second-order valence-corrected chi connectivity index (χ2v) is 10.5. The van der Waals surface area contributed by atoms with Gasteiger partial charge in [-0.3, -0.25) is 4.79 Å². The SMILES string of the molecule is CCc1ccc2[nH]c(=O)c(CN(Cc3cccs3)S(=O)(=O)c3ccc(C)cc3)cc2c1. The lowest BCUT2D eigenvalue weighted by Gasteiger charge is -2.22. The molecule has 0 aliphatic carbocycles. The van der Waals surface area contributed by atoms with Gasteiger partial charge in [0.05, 0.1) is 4.90 Å². The zero-order valence-corrected chi connectivity index (χ0v) is 19.1. The number of nitrogens with one attached hydrogen (secondary N) is 1. The average Bonchev–Trinajstić information content (AvgIpc) is 3.27. The predicted octanol–water partition coefficient (Wildman–Crippen LogP) is 4.85. The molecule has 5 nitrogen and oxygen atoms in total. The average molecular weight is 453 g/mol. The molecule has 0 aliphatic rings. The Morgan fingerprint density at radius 1 is 1.00 bits per heavy atom. The molecule has 7 heteroatoms. The summed E-state index contributed by atoms with van der Waals surface area (Å²) in [4.78, 5) is 16.8. The maximum atomic E-state index is 13.5. The van der Waals surface area contributed by atoms with Gasteiger partial charge >= 0.3 is 0 Å². The Morgan fingerprint density at radius 2 is 1.77 bits per heavy atom. The summed E-state index contributed by atoms with van der Waals surface area (Å²) in [7, 11) is -3.79. The van der Waals surface area contributed by atoms with E-state index in [1.54, 1.807) is 30.3 Å². The molecular weight excluding hydrogens is 428 g/mol. The Bertz CT molecular complexity index is 1360. The third kappa shape index (κ3) is 4.63. The molecule has 0 spiro atoms. The number of aromatic nitrogens is 1. The van der Waals surface area contributed by atoms with E-state index in [9.17, 15) is 13.2 Å². The minimum atomic E-state index is -3.79. The van der Waals surface area contributed by atoms with Crippen molar-refractivity contribution in [2.45, 2.75) is 38.3 Å². The third-order valence-electron chi connectivity index (χ3n) is 5.31. The fraction of sp³-hybridized carbons (Fsp3) is 0.208. The Balaban J connectivity index is 1.76. The van der Waals surface area contributed by atoms with E-state index in [2.05, 4.69) is 11.9 Å². The van der Waals surface area contributed by atoms with Crippen molar-refractivity contribution in [3.05, 3.63) is 98.0 Å². The molecule has 0 fully saturated rings. The summed E-state index contributed by atoms with van der Waals surface area (Å²) in [5.74, 6) is 0. The van der Waals surface area contributed by atoms with Gasteiger partial charge < -0.3 is 4.98 Å². The molecule has 0 unspecified atom stereocenters. The molecule has 4 aromatic rings. The lowest BCUT2D eigenvalue weighted by atomic mass is 10.1. The van der Waals surface area contributed by atoms with E-state index >= 15 is 0 Å². The topological polar surface area (TPSA) is 70.2 Å². The van der Waals surface area contributed by atoms with E-state index in [4.69, 9.17) is 0 Å². The van der Waals surface area contributed by atoms with Crippen LogP contribution < -0.4 is 5.56 Å². The lowest BCUT2D eigenvalue weighted by Crippen LogP contribution is -2.32. The molecule has 0 bridgehead atoms. The Hall–Kier alpha value is -2.74. The van der Waals surface area contributed by atoms with Crippen LogP contribution in [0.2, 0.25) is 0 Å². The van der Waals surface area contributed by atoms with Gasteiger partial charge in [-0.15, -0.1) is 11.3 Å². The molecule has 160 valence electrons. The van der Waals surface area contributed by atoms with Crippen LogP contribution in [0.25, 0.3) is 10.9 Å². The second-order valence-electron chi connectivity index (χ2n) is 7.56. The van der Waals surface area contributed by atoms with Gasteiger partial charge in [-0.1, -0.05) is 36.8 Å². The van der Waals surface area contributed by atoms with Gasteiger partial charge in [0.15, 0.2) is 0 Å². The fourth-order valence-corrected chi connectivity index (χ4v) is 5.69. The molecule has 1 N–H and O–H groups in total. The van der Waals surface area contributed by atoms with Crippen molar-refractivity contribution in [1.29, 1.82) is 0 Å². The van der Waals surface area contributed by atoms with Gasteiger partial charge in [0.1, 0.15) is 0 Å². The molecule has 4 rings (SSSR count). The number of nitrogens with zero attached hydrogens (tertiary/aromatic N) is 1. The van der Waals surface area contributed by atoms with E-state index in [-0.39, 0.29) is 23.5 Å². The summed E-state index contributed by atoms with van der Waals surface area (Å²) in [5, 5.41) is 2.82. The highest BCUT2D eigenvalue weighted by Crippen LogP contribution is 2.23. The number of pyridine rings is 1. The third-order valence-corrected chi connectivity index (χ3v) is 7.98. The van der Waals surface area contributed by atoms with Gasteiger partial charge in [0.2, 0.25) is 10.0 Å². The highest BCUT2D eigenvalue weighted by atomic mass is 32.2. The van der Waals surface area contributed by atoms with Crippen molar-refractivity contribution in [1.82, 2.24) is 9.29 Å². The van der Waals surface area contributed by atoms with Crippen LogP contribution in [-0.4, -0.2) is 17.7 Å². The zero-order valence-electron chi connectivity index (χ0n) is 17.5. The first-order chi connectivity index (χ1) is 14.9. The van der Waals surface area contributed by atoms with E-state index in [0.717, 1.165) is 33.3 Å². The number of H-pyrrole nitrogens is 1. The minimum absolute atomic E-state index is 0.00423. The van der Waals surface area contributed by atoms with Crippen molar-refractivity contribution >= 4 is 32.3 Å². The van der Waals surface area contributed by atoms with E-state index in [1.165, 1.54) is 15.6 Å². The molecule has 31 heavy (non-hydrogen) atoms. The Morgan fingerprint density at radius 3 is 2.45 bits per heavy atom. The van der Waals surface area contributed by atoms with Crippen LogP contribution in [0.15, 0.2) is 75.7 Å². The van der Waals surface area contributed by atoms with Crippen molar-refractivity contribution in [3.63, 3.8) is 0 Å². The minimum Gasteiger partial charge on any atom is -0.322 e.